The van der Waals surface area contributed by atoms with Crippen molar-refractivity contribution in [1.29, 1.82) is 0 Å². The van der Waals surface area contributed by atoms with Crippen LogP contribution in [-0.4, -0.2) is 22.8 Å². The fraction of sp³-hybridized carbons (Fsp3) is 0.333. The molecule has 1 aliphatic heterocycles. The zero-order valence-corrected chi connectivity index (χ0v) is 13.4. The predicted molar refractivity (Wildman–Crippen MR) is 83.1 cm³/mol. The SMILES string of the molecule is O=C(Nc1ccc(Cl)cc1Cl)C1=C(O)OC2(CCCC2)OC1=O. The summed E-state index contributed by atoms with van der Waals surface area (Å²) in [7, 11) is 0. The second kappa shape index (κ2) is 5.94. The van der Waals surface area contributed by atoms with Gasteiger partial charge < -0.3 is 19.9 Å². The van der Waals surface area contributed by atoms with Gasteiger partial charge >= 0.3 is 11.9 Å². The van der Waals surface area contributed by atoms with Crippen LogP contribution in [0.4, 0.5) is 5.69 Å². The summed E-state index contributed by atoms with van der Waals surface area (Å²) in [4.78, 5) is 24.3. The summed E-state index contributed by atoms with van der Waals surface area (Å²) in [5.41, 5.74) is -0.344. The van der Waals surface area contributed by atoms with E-state index in [1.165, 1.54) is 18.2 Å². The molecule has 0 bridgehead atoms. The number of ether oxygens (including phenoxy) is 2. The summed E-state index contributed by atoms with van der Waals surface area (Å²) in [6, 6.07) is 4.45. The molecule has 2 aliphatic rings. The minimum Gasteiger partial charge on any atom is -0.480 e. The molecule has 0 aromatic heterocycles. The van der Waals surface area contributed by atoms with Crippen molar-refractivity contribution in [3.05, 3.63) is 39.8 Å². The van der Waals surface area contributed by atoms with Gasteiger partial charge in [0, 0.05) is 17.9 Å². The number of rotatable bonds is 2. The Hall–Kier alpha value is -1.92. The Bertz CT molecular complexity index is 710. The van der Waals surface area contributed by atoms with Gasteiger partial charge in [-0.2, -0.15) is 0 Å². The number of aliphatic hydroxyl groups is 1. The summed E-state index contributed by atoms with van der Waals surface area (Å²) in [5.74, 6) is -3.67. The van der Waals surface area contributed by atoms with Gasteiger partial charge in [-0.05, 0) is 31.0 Å². The lowest BCUT2D eigenvalue weighted by Crippen LogP contribution is -2.42. The molecule has 3 rings (SSSR count). The lowest BCUT2D eigenvalue weighted by Gasteiger charge is -2.33. The van der Waals surface area contributed by atoms with Crippen LogP contribution < -0.4 is 5.32 Å². The van der Waals surface area contributed by atoms with Crippen molar-refractivity contribution in [2.75, 3.05) is 5.32 Å². The van der Waals surface area contributed by atoms with Crippen molar-refractivity contribution in [3.63, 3.8) is 0 Å². The Kier molecular flexibility index (Phi) is 4.12. The van der Waals surface area contributed by atoms with Crippen LogP contribution in [0, 0.1) is 0 Å². The van der Waals surface area contributed by atoms with Gasteiger partial charge in [0.05, 0.1) is 10.7 Å². The van der Waals surface area contributed by atoms with E-state index in [-0.39, 0.29) is 10.7 Å². The first-order valence-corrected chi connectivity index (χ1v) is 7.78. The maximum atomic E-state index is 12.2. The number of amides is 1. The van der Waals surface area contributed by atoms with Gasteiger partial charge in [0.1, 0.15) is 0 Å². The Balaban J connectivity index is 1.82. The summed E-state index contributed by atoms with van der Waals surface area (Å²) in [6.45, 7) is 0. The highest BCUT2D eigenvalue weighted by Gasteiger charge is 2.47. The van der Waals surface area contributed by atoms with Crippen LogP contribution >= 0.6 is 23.2 Å². The second-order valence-corrected chi connectivity index (χ2v) is 6.21. The van der Waals surface area contributed by atoms with Crippen LogP contribution in [0.25, 0.3) is 0 Å². The van der Waals surface area contributed by atoms with Gasteiger partial charge in [0.2, 0.25) is 5.57 Å². The van der Waals surface area contributed by atoms with Crippen molar-refractivity contribution >= 4 is 40.8 Å². The van der Waals surface area contributed by atoms with E-state index in [4.69, 9.17) is 32.7 Å². The average Bonchev–Trinajstić information content (AvgIpc) is 2.88. The zero-order chi connectivity index (χ0) is 16.6. The number of esters is 1. The first kappa shape index (κ1) is 16.0. The van der Waals surface area contributed by atoms with E-state index >= 15 is 0 Å². The van der Waals surface area contributed by atoms with Crippen molar-refractivity contribution in [1.82, 2.24) is 0 Å². The summed E-state index contributed by atoms with van der Waals surface area (Å²) in [6.07, 6.45) is 2.62. The molecule has 1 aromatic rings. The number of benzene rings is 1. The number of aliphatic hydroxyl groups excluding tert-OH is 1. The van der Waals surface area contributed by atoms with Gasteiger partial charge in [0.25, 0.3) is 11.7 Å². The maximum absolute atomic E-state index is 12.2. The Morgan fingerprint density at radius 2 is 1.91 bits per heavy atom. The molecule has 2 N–H and O–H groups in total. The standard InChI is InChI=1S/C15H13Cl2NO5/c16-8-3-4-10(9(17)7-8)18-12(19)11-13(20)22-15(23-14(11)21)5-1-2-6-15/h3-4,7,20H,1-2,5-6H2,(H,18,19). The quantitative estimate of drug-likeness (QED) is 0.624. The average molecular weight is 358 g/mol. The largest absolute Gasteiger partial charge is 0.480 e. The van der Waals surface area contributed by atoms with E-state index in [0.29, 0.717) is 17.9 Å². The van der Waals surface area contributed by atoms with Crippen molar-refractivity contribution in [2.45, 2.75) is 31.5 Å². The minimum atomic E-state index is -1.15. The van der Waals surface area contributed by atoms with Crippen molar-refractivity contribution in [3.8, 4) is 0 Å². The number of nitrogens with one attached hydrogen (secondary N) is 1. The molecule has 0 radical (unpaired) electrons. The Morgan fingerprint density at radius 3 is 2.52 bits per heavy atom. The molecule has 1 fully saturated rings. The monoisotopic (exact) mass is 357 g/mol. The molecule has 1 aliphatic carbocycles. The van der Waals surface area contributed by atoms with Crippen LogP contribution in [0.5, 0.6) is 0 Å². The molecule has 6 nitrogen and oxygen atoms in total. The number of carbonyl (C=O) groups excluding carboxylic acids is 2. The number of carbonyl (C=O) groups is 2. The lowest BCUT2D eigenvalue weighted by atomic mass is 10.1. The summed E-state index contributed by atoms with van der Waals surface area (Å²) in [5, 5.41) is 13.0. The first-order chi connectivity index (χ1) is 10.9. The van der Waals surface area contributed by atoms with Gasteiger partial charge in [0.15, 0.2) is 0 Å². The lowest BCUT2D eigenvalue weighted by molar-refractivity contribution is -0.234. The highest BCUT2D eigenvalue weighted by atomic mass is 35.5. The topological polar surface area (TPSA) is 84.9 Å². The molecule has 1 aromatic carbocycles. The molecule has 1 spiro atoms. The molecule has 0 unspecified atom stereocenters. The van der Waals surface area contributed by atoms with E-state index in [1.54, 1.807) is 0 Å². The highest BCUT2D eigenvalue weighted by Crippen LogP contribution is 2.39. The molecule has 0 saturated heterocycles. The Morgan fingerprint density at radius 1 is 1.22 bits per heavy atom. The van der Waals surface area contributed by atoms with Gasteiger partial charge in [-0.25, -0.2) is 4.79 Å². The molecule has 1 amide bonds. The van der Waals surface area contributed by atoms with E-state index in [2.05, 4.69) is 5.32 Å². The number of hydrogen-bond acceptors (Lipinski definition) is 5. The van der Waals surface area contributed by atoms with Gasteiger partial charge in [-0.3, -0.25) is 4.79 Å². The molecular formula is C15H13Cl2NO5. The number of halogens is 2. The normalized spacial score (nSPS) is 19.5. The maximum Gasteiger partial charge on any atom is 0.354 e. The molecule has 1 heterocycles. The fourth-order valence-electron chi connectivity index (χ4n) is 2.64. The number of hydrogen-bond donors (Lipinski definition) is 2. The predicted octanol–water partition coefficient (Wildman–Crippen LogP) is 3.55. The zero-order valence-electron chi connectivity index (χ0n) is 11.9. The third-order valence-electron chi connectivity index (χ3n) is 3.75. The second-order valence-electron chi connectivity index (χ2n) is 5.37. The van der Waals surface area contributed by atoms with E-state index in [9.17, 15) is 14.7 Å². The molecule has 122 valence electrons. The van der Waals surface area contributed by atoms with Gasteiger partial charge in [-0.1, -0.05) is 23.2 Å². The molecule has 0 atom stereocenters. The molecule has 8 heteroatoms. The van der Waals surface area contributed by atoms with Crippen LogP contribution in [0.1, 0.15) is 25.7 Å². The van der Waals surface area contributed by atoms with Crippen molar-refractivity contribution in [2.24, 2.45) is 0 Å². The van der Waals surface area contributed by atoms with E-state index < -0.39 is 29.2 Å². The van der Waals surface area contributed by atoms with Crippen molar-refractivity contribution < 1.29 is 24.2 Å². The third-order valence-corrected chi connectivity index (χ3v) is 4.30. The fourth-order valence-corrected chi connectivity index (χ4v) is 3.09. The smallest absolute Gasteiger partial charge is 0.354 e. The van der Waals surface area contributed by atoms with Crippen LogP contribution in [0.2, 0.25) is 10.0 Å². The molecule has 1 saturated carbocycles. The molecule has 23 heavy (non-hydrogen) atoms. The first-order valence-electron chi connectivity index (χ1n) is 7.02. The highest BCUT2D eigenvalue weighted by molar-refractivity contribution is 6.37. The van der Waals surface area contributed by atoms with Crippen LogP contribution in [0.3, 0.4) is 0 Å². The number of anilines is 1. The van der Waals surface area contributed by atoms with Crippen LogP contribution in [-0.2, 0) is 19.1 Å². The third kappa shape index (κ3) is 3.09. The van der Waals surface area contributed by atoms with Crippen LogP contribution in [0.15, 0.2) is 29.7 Å². The molecular weight excluding hydrogens is 345 g/mol. The van der Waals surface area contributed by atoms with E-state index in [0.717, 1.165) is 12.8 Å². The Labute approximate surface area is 142 Å². The van der Waals surface area contributed by atoms with E-state index in [1.807, 2.05) is 0 Å². The summed E-state index contributed by atoms with van der Waals surface area (Å²) < 4.78 is 10.5. The minimum absolute atomic E-state index is 0.197. The van der Waals surface area contributed by atoms with Gasteiger partial charge in [-0.15, -0.1) is 0 Å². The summed E-state index contributed by atoms with van der Waals surface area (Å²) >= 11 is 11.7.